The fourth-order valence-electron chi connectivity index (χ4n) is 2.11. The third kappa shape index (κ3) is 3.05. The smallest absolute Gasteiger partial charge is 0.258 e. The molecule has 2 aromatic rings. The maximum atomic E-state index is 5.64. The fourth-order valence-corrected chi connectivity index (χ4v) is 2.11. The van der Waals surface area contributed by atoms with Gasteiger partial charge in [-0.15, -0.1) is 0 Å². The topological polar surface area (TPSA) is 74.2 Å². The van der Waals surface area contributed by atoms with Crippen LogP contribution in [-0.2, 0) is 16.8 Å². The molecule has 5 heteroatoms. The molecular formula is C15H21N3O2. The summed E-state index contributed by atoms with van der Waals surface area (Å²) in [5.74, 6) is 1.06. The normalized spacial score (nSPS) is 11.8. The van der Waals surface area contributed by atoms with Gasteiger partial charge < -0.3 is 15.0 Å². The molecule has 0 saturated carbocycles. The van der Waals surface area contributed by atoms with Crippen molar-refractivity contribution in [3.8, 4) is 11.5 Å². The zero-order valence-corrected chi connectivity index (χ0v) is 12.2. The SMILES string of the molecule is CCOC(C)(C)c1noc(-c2ccccc2CCN)n1. The Hall–Kier alpha value is -1.72. The summed E-state index contributed by atoms with van der Waals surface area (Å²) in [7, 11) is 0. The molecule has 0 spiro atoms. The van der Waals surface area contributed by atoms with Crippen LogP contribution in [0.1, 0.15) is 32.2 Å². The number of nitrogens with two attached hydrogens (primary N) is 1. The molecule has 108 valence electrons. The maximum Gasteiger partial charge on any atom is 0.258 e. The molecule has 0 amide bonds. The molecule has 0 unspecified atom stereocenters. The van der Waals surface area contributed by atoms with E-state index in [1.165, 1.54) is 0 Å². The van der Waals surface area contributed by atoms with Crippen molar-refractivity contribution >= 4 is 0 Å². The Morgan fingerprint density at radius 1 is 1.30 bits per heavy atom. The lowest BCUT2D eigenvalue weighted by Gasteiger charge is -2.19. The highest BCUT2D eigenvalue weighted by atomic mass is 16.5. The largest absolute Gasteiger partial charge is 0.368 e. The number of benzene rings is 1. The van der Waals surface area contributed by atoms with Crippen molar-refractivity contribution in [1.82, 2.24) is 10.1 Å². The number of rotatable bonds is 6. The van der Waals surface area contributed by atoms with Crippen LogP contribution >= 0.6 is 0 Å². The molecule has 0 aliphatic carbocycles. The lowest BCUT2D eigenvalue weighted by atomic mass is 10.0. The Morgan fingerprint density at radius 3 is 2.75 bits per heavy atom. The minimum atomic E-state index is -0.556. The van der Waals surface area contributed by atoms with Gasteiger partial charge >= 0.3 is 0 Å². The molecule has 5 nitrogen and oxygen atoms in total. The third-order valence-electron chi connectivity index (χ3n) is 3.13. The monoisotopic (exact) mass is 275 g/mol. The van der Waals surface area contributed by atoms with Gasteiger partial charge in [-0.05, 0) is 45.4 Å². The molecular weight excluding hydrogens is 254 g/mol. The van der Waals surface area contributed by atoms with Crippen molar-refractivity contribution in [3.05, 3.63) is 35.7 Å². The van der Waals surface area contributed by atoms with Gasteiger partial charge in [0.2, 0.25) is 5.82 Å². The average Bonchev–Trinajstić information content (AvgIpc) is 2.90. The first-order valence-electron chi connectivity index (χ1n) is 6.85. The quantitative estimate of drug-likeness (QED) is 0.876. The second-order valence-electron chi connectivity index (χ2n) is 5.06. The Morgan fingerprint density at radius 2 is 2.05 bits per heavy atom. The molecule has 0 atom stereocenters. The van der Waals surface area contributed by atoms with Crippen LogP contribution in [0.5, 0.6) is 0 Å². The molecule has 0 saturated heterocycles. The van der Waals surface area contributed by atoms with Gasteiger partial charge in [0.15, 0.2) is 0 Å². The minimum Gasteiger partial charge on any atom is -0.368 e. The van der Waals surface area contributed by atoms with E-state index in [1.54, 1.807) is 0 Å². The Balaban J connectivity index is 2.34. The molecule has 0 bridgehead atoms. The molecule has 20 heavy (non-hydrogen) atoms. The van der Waals surface area contributed by atoms with Crippen molar-refractivity contribution in [1.29, 1.82) is 0 Å². The Kier molecular flexibility index (Phi) is 4.52. The molecule has 1 aromatic carbocycles. The van der Waals surface area contributed by atoms with E-state index >= 15 is 0 Å². The standard InChI is InChI=1S/C15H21N3O2/c1-4-19-15(2,3)14-17-13(20-18-14)12-8-6-5-7-11(12)9-10-16/h5-8H,4,9-10,16H2,1-3H3. The zero-order chi connectivity index (χ0) is 14.6. The van der Waals surface area contributed by atoms with E-state index in [1.807, 2.05) is 45.0 Å². The van der Waals surface area contributed by atoms with Gasteiger partial charge in [0, 0.05) is 12.2 Å². The highest BCUT2D eigenvalue weighted by Crippen LogP contribution is 2.27. The van der Waals surface area contributed by atoms with Crippen LogP contribution in [0.25, 0.3) is 11.5 Å². The molecule has 2 rings (SSSR count). The predicted octanol–water partition coefficient (Wildman–Crippen LogP) is 2.51. The van der Waals surface area contributed by atoms with Crippen molar-refractivity contribution in [2.75, 3.05) is 13.2 Å². The summed E-state index contributed by atoms with van der Waals surface area (Å²) in [5, 5.41) is 4.04. The fraction of sp³-hybridized carbons (Fsp3) is 0.467. The average molecular weight is 275 g/mol. The molecule has 0 radical (unpaired) electrons. The van der Waals surface area contributed by atoms with Gasteiger partial charge in [0.25, 0.3) is 5.89 Å². The number of hydrogen-bond acceptors (Lipinski definition) is 5. The third-order valence-corrected chi connectivity index (χ3v) is 3.13. The first-order valence-corrected chi connectivity index (χ1v) is 6.85. The molecule has 1 heterocycles. The molecule has 2 N–H and O–H groups in total. The van der Waals surface area contributed by atoms with Gasteiger partial charge in [-0.2, -0.15) is 4.98 Å². The Bertz CT molecular complexity index is 564. The van der Waals surface area contributed by atoms with Gasteiger partial charge in [0.05, 0.1) is 0 Å². The summed E-state index contributed by atoms with van der Waals surface area (Å²) in [6, 6.07) is 7.93. The first-order chi connectivity index (χ1) is 9.58. The van der Waals surface area contributed by atoms with E-state index in [0.29, 0.717) is 24.9 Å². The van der Waals surface area contributed by atoms with Gasteiger partial charge in [-0.25, -0.2) is 0 Å². The maximum absolute atomic E-state index is 5.64. The summed E-state index contributed by atoms with van der Waals surface area (Å²) in [6.07, 6.45) is 0.780. The van der Waals surface area contributed by atoms with Gasteiger partial charge in [-0.3, -0.25) is 0 Å². The molecule has 1 aromatic heterocycles. The summed E-state index contributed by atoms with van der Waals surface area (Å²) in [5.41, 5.74) is 7.12. The van der Waals surface area contributed by atoms with E-state index in [-0.39, 0.29) is 0 Å². The van der Waals surface area contributed by atoms with Crippen LogP contribution in [0.15, 0.2) is 28.8 Å². The van der Waals surface area contributed by atoms with Crippen molar-refractivity contribution in [3.63, 3.8) is 0 Å². The van der Waals surface area contributed by atoms with Crippen LogP contribution in [0.3, 0.4) is 0 Å². The number of nitrogens with zero attached hydrogens (tertiary/aromatic N) is 2. The molecule has 0 aliphatic rings. The van der Waals surface area contributed by atoms with Gasteiger partial charge in [0.1, 0.15) is 5.60 Å². The Labute approximate surface area is 119 Å². The van der Waals surface area contributed by atoms with E-state index in [9.17, 15) is 0 Å². The van der Waals surface area contributed by atoms with Gasteiger partial charge in [-0.1, -0.05) is 23.4 Å². The van der Waals surface area contributed by atoms with Crippen molar-refractivity contribution < 1.29 is 9.26 Å². The van der Waals surface area contributed by atoms with Crippen molar-refractivity contribution in [2.24, 2.45) is 5.73 Å². The molecule has 0 aliphatic heterocycles. The van der Waals surface area contributed by atoms with Crippen LogP contribution in [0.2, 0.25) is 0 Å². The summed E-state index contributed by atoms with van der Waals surface area (Å²) in [4.78, 5) is 4.47. The molecule has 0 fully saturated rings. The van der Waals surface area contributed by atoms with Crippen molar-refractivity contribution in [2.45, 2.75) is 32.8 Å². The summed E-state index contributed by atoms with van der Waals surface area (Å²) < 4.78 is 11.0. The highest BCUT2D eigenvalue weighted by Gasteiger charge is 2.27. The van der Waals surface area contributed by atoms with E-state index in [0.717, 1.165) is 17.5 Å². The predicted molar refractivity (Wildman–Crippen MR) is 77.1 cm³/mol. The lowest BCUT2D eigenvalue weighted by Crippen LogP contribution is -2.23. The van der Waals surface area contributed by atoms with Crippen LogP contribution in [0, 0.1) is 0 Å². The number of hydrogen-bond donors (Lipinski definition) is 1. The second kappa shape index (κ2) is 6.15. The van der Waals surface area contributed by atoms with E-state index < -0.39 is 5.60 Å². The zero-order valence-electron chi connectivity index (χ0n) is 12.2. The lowest BCUT2D eigenvalue weighted by molar-refractivity contribution is -0.0221. The van der Waals surface area contributed by atoms with E-state index in [4.69, 9.17) is 15.0 Å². The summed E-state index contributed by atoms with van der Waals surface area (Å²) in [6.45, 7) is 6.98. The minimum absolute atomic E-state index is 0.511. The highest BCUT2D eigenvalue weighted by molar-refractivity contribution is 5.58. The number of ether oxygens (including phenoxy) is 1. The second-order valence-corrected chi connectivity index (χ2v) is 5.06. The van der Waals surface area contributed by atoms with Crippen LogP contribution < -0.4 is 5.73 Å². The van der Waals surface area contributed by atoms with E-state index in [2.05, 4.69) is 10.1 Å². The van der Waals surface area contributed by atoms with Crippen LogP contribution in [-0.4, -0.2) is 23.3 Å². The van der Waals surface area contributed by atoms with Crippen LogP contribution in [0.4, 0.5) is 0 Å². The first kappa shape index (κ1) is 14.7. The summed E-state index contributed by atoms with van der Waals surface area (Å²) >= 11 is 0. The number of aromatic nitrogens is 2.